The summed E-state index contributed by atoms with van der Waals surface area (Å²) in [5, 5.41) is 11.6. The predicted octanol–water partition coefficient (Wildman–Crippen LogP) is 1.22. The molecule has 4 N–H and O–H groups in total. The Morgan fingerprint density at radius 1 is 1.47 bits per heavy atom. The van der Waals surface area contributed by atoms with Crippen LogP contribution in [0.2, 0.25) is 0 Å². The lowest BCUT2D eigenvalue weighted by molar-refractivity contribution is -0.117. The van der Waals surface area contributed by atoms with Gasteiger partial charge in [0.2, 0.25) is 5.91 Å². The van der Waals surface area contributed by atoms with E-state index in [9.17, 15) is 4.79 Å². The van der Waals surface area contributed by atoms with Gasteiger partial charge in [0, 0.05) is 13.2 Å². The van der Waals surface area contributed by atoms with E-state index in [0.717, 1.165) is 12.1 Å². The van der Waals surface area contributed by atoms with Crippen molar-refractivity contribution in [3.63, 3.8) is 0 Å². The molecule has 0 unspecified atom stereocenters. The van der Waals surface area contributed by atoms with Crippen molar-refractivity contribution in [1.29, 1.82) is 0 Å². The third kappa shape index (κ3) is 5.28. The fraction of sp³-hybridized carbons (Fsp3) is 0.500. The molecule has 0 aliphatic carbocycles. The van der Waals surface area contributed by atoms with Crippen molar-refractivity contribution >= 4 is 17.3 Å². The largest absolute Gasteiger partial charge is 0.397 e. The highest BCUT2D eigenvalue weighted by Gasteiger charge is 2.10. The maximum atomic E-state index is 11.9. The Balaban J connectivity index is 2.54. The molecule has 1 amide bonds. The van der Waals surface area contributed by atoms with Crippen LogP contribution < -0.4 is 11.1 Å². The molecule has 0 aromatic heterocycles. The van der Waals surface area contributed by atoms with E-state index in [1.807, 2.05) is 36.9 Å². The van der Waals surface area contributed by atoms with Crippen LogP contribution in [-0.4, -0.2) is 42.2 Å². The van der Waals surface area contributed by atoms with Crippen LogP contribution in [-0.2, 0) is 4.79 Å². The van der Waals surface area contributed by atoms with Gasteiger partial charge in [-0.05, 0) is 37.6 Å². The van der Waals surface area contributed by atoms with E-state index >= 15 is 0 Å². The molecule has 0 aliphatic rings. The second-order valence-electron chi connectivity index (χ2n) is 4.58. The smallest absolute Gasteiger partial charge is 0.238 e. The number of aliphatic hydroxyl groups excluding tert-OH is 1. The van der Waals surface area contributed by atoms with Crippen molar-refractivity contribution in [2.75, 3.05) is 37.3 Å². The quantitative estimate of drug-likeness (QED) is 0.648. The SMILES string of the molecule is CCN(CCCO)CC(=O)Nc1ccc(C)cc1N. The van der Waals surface area contributed by atoms with Gasteiger partial charge >= 0.3 is 0 Å². The van der Waals surface area contributed by atoms with Crippen molar-refractivity contribution in [2.45, 2.75) is 20.3 Å². The average Bonchev–Trinajstić information content (AvgIpc) is 2.38. The summed E-state index contributed by atoms with van der Waals surface area (Å²) in [6.07, 6.45) is 0.674. The number of amides is 1. The molecule has 5 nitrogen and oxygen atoms in total. The number of likely N-dealkylation sites (N-methyl/N-ethyl adjacent to an activating group) is 1. The molecule has 0 saturated heterocycles. The topological polar surface area (TPSA) is 78.6 Å². The Morgan fingerprint density at radius 3 is 2.79 bits per heavy atom. The highest BCUT2D eigenvalue weighted by Crippen LogP contribution is 2.19. The molecule has 0 spiro atoms. The second-order valence-corrected chi connectivity index (χ2v) is 4.58. The van der Waals surface area contributed by atoms with Crippen molar-refractivity contribution in [3.8, 4) is 0 Å². The zero-order valence-corrected chi connectivity index (χ0v) is 11.6. The normalized spacial score (nSPS) is 10.7. The Kier molecular flexibility index (Phi) is 6.32. The number of nitrogens with two attached hydrogens (primary N) is 1. The van der Waals surface area contributed by atoms with Gasteiger partial charge in [0.15, 0.2) is 0 Å². The zero-order chi connectivity index (χ0) is 14.3. The van der Waals surface area contributed by atoms with Gasteiger partial charge in [-0.15, -0.1) is 0 Å². The lowest BCUT2D eigenvalue weighted by atomic mass is 10.2. The van der Waals surface area contributed by atoms with Gasteiger partial charge in [-0.3, -0.25) is 9.69 Å². The number of aryl methyl sites for hydroxylation is 1. The van der Waals surface area contributed by atoms with Crippen molar-refractivity contribution < 1.29 is 9.90 Å². The first-order valence-electron chi connectivity index (χ1n) is 6.56. The number of carbonyl (C=O) groups excluding carboxylic acids is 1. The van der Waals surface area contributed by atoms with Crippen LogP contribution in [0, 0.1) is 6.92 Å². The molecule has 5 heteroatoms. The van der Waals surface area contributed by atoms with Gasteiger partial charge < -0.3 is 16.2 Å². The first kappa shape index (κ1) is 15.5. The van der Waals surface area contributed by atoms with E-state index in [4.69, 9.17) is 10.8 Å². The minimum Gasteiger partial charge on any atom is -0.397 e. The number of hydrogen-bond donors (Lipinski definition) is 3. The summed E-state index contributed by atoms with van der Waals surface area (Å²) in [5.74, 6) is -0.0876. The van der Waals surface area contributed by atoms with Crippen molar-refractivity contribution in [2.24, 2.45) is 0 Å². The highest BCUT2D eigenvalue weighted by molar-refractivity contribution is 5.95. The van der Waals surface area contributed by atoms with Crippen LogP contribution in [0.5, 0.6) is 0 Å². The molecular weight excluding hydrogens is 242 g/mol. The number of rotatable bonds is 7. The first-order valence-corrected chi connectivity index (χ1v) is 6.56. The average molecular weight is 265 g/mol. The fourth-order valence-corrected chi connectivity index (χ4v) is 1.83. The first-order chi connectivity index (χ1) is 9.06. The van der Waals surface area contributed by atoms with Gasteiger partial charge in [-0.2, -0.15) is 0 Å². The molecule has 1 rings (SSSR count). The molecule has 0 atom stereocenters. The van der Waals surface area contributed by atoms with Crippen molar-refractivity contribution in [1.82, 2.24) is 4.90 Å². The van der Waals surface area contributed by atoms with E-state index in [0.29, 0.717) is 30.9 Å². The van der Waals surface area contributed by atoms with Gasteiger partial charge in [0.25, 0.3) is 0 Å². The van der Waals surface area contributed by atoms with Crippen LogP contribution in [0.15, 0.2) is 18.2 Å². The minimum atomic E-state index is -0.0876. The van der Waals surface area contributed by atoms with E-state index < -0.39 is 0 Å². The molecule has 0 saturated carbocycles. The number of nitrogens with zero attached hydrogens (tertiary/aromatic N) is 1. The molecule has 0 fully saturated rings. The van der Waals surface area contributed by atoms with Crippen LogP contribution in [0.25, 0.3) is 0 Å². The predicted molar refractivity (Wildman–Crippen MR) is 78.0 cm³/mol. The van der Waals surface area contributed by atoms with Crippen LogP contribution in [0.3, 0.4) is 0 Å². The number of nitrogens with one attached hydrogen (secondary N) is 1. The Labute approximate surface area is 114 Å². The van der Waals surface area contributed by atoms with Gasteiger partial charge in [-0.25, -0.2) is 0 Å². The van der Waals surface area contributed by atoms with E-state index in [1.165, 1.54) is 0 Å². The van der Waals surface area contributed by atoms with Crippen LogP contribution in [0.4, 0.5) is 11.4 Å². The number of carbonyl (C=O) groups is 1. The van der Waals surface area contributed by atoms with E-state index in [-0.39, 0.29) is 12.5 Å². The third-order valence-electron chi connectivity index (χ3n) is 2.93. The van der Waals surface area contributed by atoms with Crippen LogP contribution >= 0.6 is 0 Å². The Hall–Kier alpha value is -1.59. The third-order valence-corrected chi connectivity index (χ3v) is 2.93. The Bertz CT molecular complexity index is 421. The molecule has 1 aromatic rings. The molecule has 0 bridgehead atoms. The summed E-state index contributed by atoms with van der Waals surface area (Å²) in [6.45, 7) is 5.88. The highest BCUT2D eigenvalue weighted by atomic mass is 16.3. The number of hydrogen-bond acceptors (Lipinski definition) is 4. The molecule has 0 heterocycles. The second kappa shape index (κ2) is 7.76. The monoisotopic (exact) mass is 265 g/mol. The number of nitrogen functional groups attached to an aromatic ring is 1. The van der Waals surface area contributed by atoms with Gasteiger partial charge in [0.05, 0.1) is 17.9 Å². The lowest BCUT2D eigenvalue weighted by Crippen LogP contribution is -2.34. The summed E-state index contributed by atoms with van der Waals surface area (Å²) in [4.78, 5) is 13.9. The maximum absolute atomic E-state index is 11.9. The molecule has 19 heavy (non-hydrogen) atoms. The van der Waals surface area contributed by atoms with Gasteiger partial charge in [-0.1, -0.05) is 13.0 Å². The molecule has 1 aromatic carbocycles. The molecular formula is C14H23N3O2. The number of anilines is 2. The van der Waals surface area contributed by atoms with E-state index in [2.05, 4.69) is 5.32 Å². The summed E-state index contributed by atoms with van der Waals surface area (Å²) < 4.78 is 0. The zero-order valence-electron chi connectivity index (χ0n) is 11.6. The lowest BCUT2D eigenvalue weighted by Gasteiger charge is -2.19. The van der Waals surface area contributed by atoms with E-state index in [1.54, 1.807) is 0 Å². The standard InChI is InChI=1S/C14H23N3O2/c1-3-17(7-4-8-18)10-14(19)16-13-6-5-11(2)9-12(13)15/h5-6,9,18H,3-4,7-8,10,15H2,1-2H3,(H,16,19). The summed E-state index contributed by atoms with van der Waals surface area (Å²) in [7, 11) is 0. The van der Waals surface area contributed by atoms with Crippen molar-refractivity contribution in [3.05, 3.63) is 23.8 Å². The number of benzene rings is 1. The summed E-state index contributed by atoms with van der Waals surface area (Å²) in [6, 6.07) is 5.56. The molecule has 106 valence electrons. The minimum absolute atomic E-state index is 0.0876. The van der Waals surface area contributed by atoms with Gasteiger partial charge in [0.1, 0.15) is 0 Å². The summed E-state index contributed by atoms with van der Waals surface area (Å²) in [5.41, 5.74) is 8.14. The Morgan fingerprint density at radius 2 is 2.21 bits per heavy atom. The van der Waals surface area contributed by atoms with Crippen LogP contribution in [0.1, 0.15) is 18.9 Å². The molecule has 0 aliphatic heterocycles. The molecule has 0 radical (unpaired) electrons. The maximum Gasteiger partial charge on any atom is 0.238 e. The fourth-order valence-electron chi connectivity index (χ4n) is 1.83. The summed E-state index contributed by atoms with van der Waals surface area (Å²) >= 11 is 0. The number of aliphatic hydroxyl groups is 1.